The largest absolute Gasteiger partial charge is 0.497 e. The van der Waals surface area contributed by atoms with Gasteiger partial charge in [-0.05, 0) is 49.7 Å². The number of benzene rings is 2. The predicted molar refractivity (Wildman–Crippen MR) is 102 cm³/mol. The summed E-state index contributed by atoms with van der Waals surface area (Å²) in [7, 11) is 3.31. The summed E-state index contributed by atoms with van der Waals surface area (Å²) >= 11 is 0. The van der Waals surface area contributed by atoms with Gasteiger partial charge in [-0.25, -0.2) is 4.39 Å². The number of hydrogen-bond donors (Lipinski definition) is 0. The van der Waals surface area contributed by atoms with Gasteiger partial charge in [-0.15, -0.1) is 0 Å². The number of nitrogens with zero attached hydrogens (tertiary/aromatic N) is 3. The Balaban J connectivity index is 1.53. The third kappa shape index (κ3) is 3.71. The van der Waals surface area contributed by atoms with Crippen LogP contribution in [0.5, 0.6) is 11.5 Å². The lowest BCUT2D eigenvalue weighted by molar-refractivity contribution is 0.209. The van der Waals surface area contributed by atoms with Crippen LogP contribution in [0.25, 0.3) is 11.4 Å². The average molecular weight is 383 g/mol. The van der Waals surface area contributed by atoms with E-state index in [1.54, 1.807) is 26.4 Å². The van der Waals surface area contributed by atoms with Crippen LogP contribution in [0.4, 0.5) is 4.39 Å². The van der Waals surface area contributed by atoms with Gasteiger partial charge in [0, 0.05) is 23.2 Å². The van der Waals surface area contributed by atoms with Crippen molar-refractivity contribution in [3.05, 3.63) is 59.7 Å². The number of aromatic nitrogens is 2. The molecule has 0 unspecified atom stereocenters. The highest BCUT2D eigenvalue weighted by molar-refractivity contribution is 5.53. The van der Waals surface area contributed by atoms with Crippen LogP contribution < -0.4 is 9.47 Å². The number of rotatable bonds is 6. The molecule has 3 aromatic rings. The van der Waals surface area contributed by atoms with E-state index in [1.165, 1.54) is 12.1 Å². The summed E-state index contributed by atoms with van der Waals surface area (Å²) in [6.45, 7) is 1.49. The van der Waals surface area contributed by atoms with Crippen molar-refractivity contribution < 1.29 is 18.4 Å². The van der Waals surface area contributed by atoms with Gasteiger partial charge in [-0.3, -0.25) is 4.90 Å². The summed E-state index contributed by atoms with van der Waals surface area (Å²) in [6.07, 6.45) is 2.11. The first-order valence-electron chi connectivity index (χ1n) is 9.22. The van der Waals surface area contributed by atoms with Gasteiger partial charge < -0.3 is 14.0 Å². The molecule has 1 saturated heterocycles. The Kier molecular flexibility index (Phi) is 5.25. The molecule has 0 aliphatic carbocycles. The number of ether oxygens (including phenoxy) is 2. The molecule has 0 radical (unpaired) electrons. The lowest BCUT2D eigenvalue weighted by Gasteiger charge is -2.25. The minimum Gasteiger partial charge on any atom is -0.497 e. The summed E-state index contributed by atoms with van der Waals surface area (Å²) in [4.78, 5) is 6.79. The normalized spacial score (nSPS) is 17.0. The van der Waals surface area contributed by atoms with Gasteiger partial charge in [-0.1, -0.05) is 11.2 Å². The second kappa shape index (κ2) is 7.98. The molecular weight excluding hydrogens is 361 g/mol. The first-order valence-corrected chi connectivity index (χ1v) is 9.22. The first kappa shape index (κ1) is 18.4. The maximum Gasteiger partial charge on any atom is 0.241 e. The molecule has 2 aromatic carbocycles. The minimum atomic E-state index is -0.291. The fourth-order valence-corrected chi connectivity index (χ4v) is 3.67. The second-order valence-corrected chi connectivity index (χ2v) is 6.75. The van der Waals surface area contributed by atoms with Crippen LogP contribution >= 0.6 is 0 Å². The van der Waals surface area contributed by atoms with E-state index in [-0.39, 0.29) is 11.9 Å². The molecule has 0 saturated carbocycles. The Hall–Kier alpha value is -2.93. The van der Waals surface area contributed by atoms with Crippen LogP contribution in [0.1, 0.15) is 30.3 Å². The van der Waals surface area contributed by atoms with Crippen molar-refractivity contribution in [1.29, 1.82) is 0 Å². The SMILES string of the molecule is COc1ccc([C@@H]2CCCN2Cc2nc(-c3ccc(F)cc3)no2)c(OC)c1. The van der Waals surface area contributed by atoms with E-state index in [0.717, 1.165) is 42.0 Å². The Morgan fingerprint density at radius 3 is 2.71 bits per heavy atom. The number of hydrogen-bond acceptors (Lipinski definition) is 6. The smallest absolute Gasteiger partial charge is 0.241 e. The molecular formula is C21H22FN3O3. The summed E-state index contributed by atoms with van der Waals surface area (Å²) in [5.41, 5.74) is 1.85. The van der Waals surface area contributed by atoms with Gasteiger partial charge in [0.15, 0.2) is 0 Å². The van der Waals surface area contributed by atoms with Gasteiger partial charge in [0.1, 0.15) is 17.3 Å². The van der Waals surface area contributed by atoms with E-state index in [9.17, 15) is 4.39 Å². The van der Waals surface area contributed by atoms with Gasteiger partial charge in [-0.2, -0.15) is 4.98 Å². The zero-order chi connectivity index (χ0) is 19.5. The molecule has 0 bridgehead atoms. The van der Waals surface area contributed by atoms with Crippen molar-refractivity contribution in [2.75, 3.05) is 20.8 Å². The molecule has 1 aliphatic heterocycles. The van der Waals surface area contributed by atoms with Gasteiger partial charge >= 0.3 is 0 Å². The summed E-state index contributed by atoms with van der Waals surface area (Å²) < 4.78 is 29.4. The van der Waals surface area contributed by atoms with Crippen molar-refractivity contribution in [1.82, 2.24) is 15.0 Å². The Labute approximate surface area is 162 Å². The van der Waals surface area contributed by atoms with Gasteiger partial charge in [0.25, 0.3) is 0 Å². The van der Waals surface area contributed by atoms with E-state index in [1.807, 2.05) is 12.1 Å². The highest BCUT2D eigenvalue weighted by Gasteiger charge is 2.30. The molecule has 1 fully saturated rings. The van der Waals surface area contributed by atoms with E-state index >= 15 is 0 Å². The lowest BCUT2D eigenvalue weighted by Crippen LogP contribution is -2.23. The fourth-order valence-electron chi connectivity index (χ4n) is 3.67. The zero-order valence-electron chi connectivity index (χ0n) is 15.9. The van der Waals surface area contributed by atoms with E-state index in [2.05, 4.69) is 21.1 Å². The molecule has 1 atom stereocenters. The molecule has 0 amide bonds. The zero-order valence-corrected chi connectivity index (χ0v) is 15.9. The maximum atomic E-state index is 13.1. The maximum absolute atomic E-state index is 13.1. The van der Waals surface area contributed by atoms with Crippen molar-refractivity contribution >= 4 is 0 Å². The van der Waals surface area contributed by atoms with Crippen molar-refractivity contribution in [2.45, 2.75) is 25.4 Å². The van der Waals surface area contributed by atoms with Crippen molar-refractivity contribution in [2.24, 2.45) is 0 Å². The van der Waals surface area contributed by atoms with Crippen LogP contribution in [-0.2, 0) is 6.54 Å². The van der Waals surface area contributed by atoms with Crippen molar-refractivity contribution in [3.8, 4) is 22.9 Å². The third-order valence-electron chi connectivity index (χ3n) is 5.07. The van der Waals surface area contributed by atoms with E-state index in [0.29, 0.717) is 18.3 Å². The molecule has 1 aromatic heterocycles. The minimum absolute atomic E-state index is 0.210. The standard InChI is InChI=1S/C21H22FN3O3/c1-26-16-9-10-17(19(12-16)27-2)18-4-3-11-25(18)13-20-23-21(24-28-20)14-5-7-15(22)8-6-14/h5-10,12,18H,3-4,11,13H2,1-2H3/t18-/m0/s1. The number of methoxy groups -OCH3 is 2. The molecule has 6 nitrogen and oxygen atoms in total. The molecule has 0 N–H and O–H groups in total. The van der Waals surface area contributed by atoms with Gasteiger partial charge in [0.05, 0.1) is 20.8 Å². The number of likely N-dealkylation sites (tertiary alicyclic amines) is 1. The summed E-state index contributed by atoms with van der Waals surface area (Å²) in [6, 6.07) is 12.2. The quantitative estimate of drug-likeness (QED) is 0.635. The molecule has 2 heterocycles. The molecule has 28 heavy (non-hydrogen) atoms. The molecule has 0 spiro atoms. The van der Waals surface area contributed by atoms with Crippen LogP contribution in [0.15, 0.2) is 47.0 Å². The van der Waals surface area contributed by atoms with Crippen LogP contribution in [0.2, 0.25) is 0 Å². The monoisotopic (exact) mass is 383 g/mol. The average Bonchev–Trinajstić information content (AvgIpc) is 3.38. The Morgan fingerprint density at radius 2 is 1.96 bits per heavy atom. The molecule has 1 aliphatic rings. The summed E-state index contributed by atoms with van der Waals surface area (Å²) in [5.74, 6) is 2.30. The lowest BCUT2D eigenvalue weighted by atomic mass is 10.0. The molecule has 146 valence electrons. The predicted octanol–water partition coefficient (Wildman–Crippen LogP) is 4.23. The first-order chi connectivity index (χ1) is 13.7. The third-order valence-corrected chi connectivity index (χ3v) is 5.07. The van der Waals surface area contributed by atoms with Crippen LogP contribution in [0, 0.1) is 5.82 Å². The van der Waals surface area contributed by atoms with E-state index in [4.69, 9.17) is 14.0 Å². The topological polar surface area (TPSA) is 60.6 Å². The molecule has 4 rings (SSSR count). The summed E-state index contributed by atoms with van der Waals surface area (Å²) in [5, 5.41) is 4.04. The van der Waals surface area contributed by atoms with E-state index < -0.39 is 0 Å². The second-order valence-electron chi connectivity index (χ2n) is 6.75. The Morgan fingerprint density at radius 1 is 1.14 bits per heavy atom. The van der Waals surface area contributed by atoms with Crippen molar-refractivity contribution in [3.63, 3.8) is 0 Å². The van der Waals surface area contributed by atoms with Crippen LogP contribution in [0.3, 0.4) is 0 Å². The highest BCUT2D eigenvalue weighted by Crippen LogP contribution is 2.39. The highest BCUT2D eigenvalue weighted by atomic mass is 19.1. The molecule has 7 heteroatoms. The van der Waals surface area contributed by atoms with Crippen LogP contribution in [-0.4, -0.2) is 35.8 Å². The fraction of sp³-hybridized carbons (Fsp3) is 0.333. The Bertz CT molecular complexity index is 942. The number of halogens is 1. The van der Waals surface area contributed by atoms with Gasteiger partial charge in [0.2, 0.25) is 11.7 Å².